The Morgan fingerprint density at radius 2 is 2.24 bits per heavy atom. The molecular formula is C21H25ClFN7O3. The lowest BCUT2D eigenvalue weighted by molar-refractivity contribution is 0.0546. The number of amides is 1. The summed E-state index contributed by atoms with van der Waals surface area (Å²) in [7, 11) is 1.59. The Labute approximate surface area is 194 Å². The molecule has 0 spiro atoms. The molecule has 2 fully saturated rings. The molecule has 2 aliphatic carbocycles. The molecule has 0 unspecified atom stereocenters. The first-order valence-electron chi connectivity index (χ1n) is 10.8. The summed E-state index contributed by atoms with van der Waals surface area (Å²) in [4.78, 5) is 20.8. The van der Waals surface area contributed by atoms with Gasteiger partial charge in [-0.05, 0) is 32.6 Å². The predicted molar refractivity (Wildman–Crippen MR) is 118 cm³/mol. The molecule has 12 heteroatoms. The maximum Gasteiger partial charge on any atom is 0.407 e. The molecule has 3 N–H and O–H groups in total. The molecule has 3 heterocycles. The second-order valence-electron chi connectivity index (χ2n) is 8.88. The summed E-state index contributed by atoms with van der Waals surface area (Å²) in [5.74, 6) is 0.484. The van der Waals surface area contributed by atoms with Crippen molar-refractivity contribution in [3.05, 3.63) is 34.9 Å². The minimum atomic E-state index is -1.32. The van der Waals surface area contributed by atoms with E-state index in [1.807, 2.05) is 6.92 Å². The lowest BCUT2D eigenvalue weighted by Gasteiger charge is -2.19. The molecule has 2 saturated carbocycles. The Kier molecular flexibility index (Phi) is 5.61. The summed E-state index contributed by atoms with van der Waals surface area (Å²) in [5, 5.41) is 13.5. The molecule has 2 aliphatic rings. The topological polar surface area (TPSA) is 118 Å². The van der Waals surface area contributed by atoms with Crippen LogP contribution in [-0.4, -0.2) is 55.6 Å². The fourth-order valence-electron chi connectivity index (χ4n) is 4.11. The van der Waals surface area contributed by atoms with Gasteiger partial charge in [0.05, 0.1) is 18.5 Å². The van der Waals surface area contributed by atoms with E-state index < -0.39 is 24.3 Å². The van der Waals surface area contributed by atoms with Gasteiger partial charge in [-0.15, -0.1) is 0 Å². The van der Waals surface area contributed by atoms with Gasteiger partial charge >= 0.3 is 6.09 Å². The van der Waals surface area contributed by atoms with E-state index in [0.29, 0.717) is 53.3 Å². The number of alkyl halides is 1. The maximum absolute atomic E-state index is 15.1. The SMILES string of the molecule is COCc1cn2c(Nc3cc([C@H]4CC[C@@H](OC(=O)NC5(C)CC5)[C@@H]4F)[nH]n3)ncc(Cl)c2n1. The Hall–Kier alpha value is -2.92. The summed E-state index contributed by atoms with van der Waals surface area (Å²) in [6, 6.07) is 1.74. The zero-order chi connectivity index (χ0) is 23.2. The van der Waals surface area contributed by atoms with Crippen molar-refractivity contribution in [2.45, 2.75) is 62.9 Å². The van der Waals surface area contributed by atoms with Gasteiger partial charge in [-0.1, -0.05) is 11.6 Å². The monoisotopic (exact) mass is 477 g/mol. The number of aromatic amines is 1. The number of nitrogens with one attached hydrogen (secondary N) is 3. The van der Waals surface area contributed by atoms with Crippen molar-refractivity contribution in [3.8, 4) is 0 Å². The van der Waals surface area contributed by atoms with Crippen molar-refractivity contribution in [3.63, 3.8) is 0 Å². The largest absolute Gasteiger partial charge is 0.443 e. The van der Waals surface area contributed by atoms with Gasteiger partial charge in [0.1, 0.15) is 17.3 Å². The highest BCUT2D eigenvalue weighted by Gasteiger charge is 2.43. The van der Waals surface area contributed by atoms with Crippen LogP contribution in [0.4, 0.5) is 21.0 Å². The summed E-state index contributed by atoms with van der Waals surface area (Å²) in [5.41, 5.74) is 1.66. The molecule has 3 atom stereocenters. The molecular weight excluding hydrogens is 453 g/mol. The van der Waals surface area contributed by atoms with Crippen LogP contribution in [0.5, 0.6) is 0 Å². The minimum absolute atomic E-state index is 0.203. The van der Waals surface area contributed by atoms with Crippen LogP contribution >= 0.6 is 11.6 Å². The number of carbonyl (C=O) groups is 1. The highest BCUT2D eigenvalue weighted by Crippen LogP contribution is 2.39. The number of hydrogen-bond acceptors (Lipinski definition) is 7. The Balaban J connectivity index is 1.27. The molecule has 33 heavy (non-hydrogen) atoms. The van der Waals surface area contributed by atoms with Crippen molar-refractivity contribution >= 4 is 35.1 Å². The number of rotatable bonds is 7. The number of aromatic nitrogens is 5. The summed E-state index contributed by atoms with van der Waals surface area (Å²) in [6.45, 7) is 2.29. The lowest BCUT2D eigenvalue weighted by Crippen LogP contribution is -2.38. The molecule has 0 radical (unpaired) electrons. The van der Waals surface area contributed by atoms with E-state index in [4.69, 9.17) is 21.1 Å². The number of hydrogen-bond donors (Lipinski definition) is 3. The van der Waals surface area contributed by atoms with Crippen LogP contribution < -0.4 is 10.6 Å². The number of alkyl carbamates (subject to hydrolysis) is 1. The van der Waals surface area contributed by atoms with Crippen LogP contribution in [0.15, 0.2) is 18.5 Å². The first-order valence-corrected chi connectivity index (χ1v) is 11.2. The van der Waals surface area contributed by atoms with Crippen LogP contribution in [0.1, 0.15) is 49.9 Å². The van der Waals surface area contributed by atoms with Gasteiger partial charge in [-0.3, -0.25) is 9.50 Å². The number of H-pyrrole nitrogens is 1. The van der Waals surface area contributed by atoms with Crippen LogP contribution in [0.2, 0.25) is 5.02 Å². The van der Waals surface area contributed by atoms with Crippen molar-refractivity contribution in [1.82, 2.24) is 29.9 Å². The zero-order valence-corrected chi connectivity index (χ0v) is 19.0. The van der Waals surface area contributed by atoms with Crippen LogP contribution in [0.3, 0.4) is 0 Å². The number of halogens is 2. The molecule has 176 valence electrons. The van der Waals surface area contributed by atoms with E-state index in [0.717, 1.165) is 12.8 Å². The normalized spacial score (nSPS) is 23.6. The fourth-order valence-corrected chi connectivity index (χ4v) is 4.29. The summed E-state index contributed by atoms with van der Waals surface area (Å²) < 4.78 is 27.3. The van der Waals surface area contributed by atoms with E-state index in [2.05, 4.69) is 30.8 Å². The van der Waals surface area contributed by atoms with Crippen LogP contribution in [0.25, 0.3) is 5.65 Å². The maximum atomic E-state index is 15.1. The number of methoxy groups -OCH3 is 1. The van der Waals surface area contributed by atoms with Crippen molar-refractivity contribution < 1.29 is 18.7 Å². The third-order valence-corrected chi connectivity index (χ3v) is 6.46. The number of ether oxygens (including phenoxy) is 2. The second-order valence-corrected chi connectivity index (χ2v) is 9.29. The molecule has 3 aromatic heterocycles. The summed E-state index contributed by atoms with van der Waals surface area (Å²) >= 11 is 6.22. The molecule has 0 aliphatic heterocycles. The average molecular weight is 478 g/mol. The van der Waals surface area contributed by atoms with E-state index in [9.17, 15) is 4.79 Å². The number of anilines is 2. The first-order chi connectivity index (χ1) is 15.8. The molecule has 0 aromatic carbocycles. The predicted octanol–water partition coefficient (Wildman–Crippen LogP) is 3.86. The quantitative estimate of drug-likeness (QED) is 0.472. The standard InChI is InChI=1S/C21H25ClFN7O3/c1-21(5-6-21)27-20(31)33-15-4-3-12(17(15)23)14-7-16(29-28-14)26-19-24-8-13(22)18-25-11(10-32-2)9-30(18)19/h7-9,12,15,17H,3-6,10H2,1-2H3,(H,27,31)(H2,24,26,28,29)/t12-,15-,17-/m1/s1. The molecule has 3 aromatic rings. The fraction of sp³-hybridized carbons (Fsp3) is 0.524. The lowest BCUT2D eigenvalue weighted by atomic mass is 10.0. The second kappa shape index (κ2) is 8.45. The zero-order valence-electron chi connectivity index (χ0n) is 18.3. The molecule has 5 rings (SSSR count). The van der Waals surface area contributed by atoms with E-state index in [1.54, 1.807) is 23.8 Å². The van der Waals surface area contributed by atoms with Crippen molar-refractivity contribution in [1.29, 1.82) is 0 Å². The third kappa shape index (κ3) is 4.47. The summed E-state index contributed by atoms with van der Waals surface area (Å²) in [6.07, 6.45) is 3.46. The number of fused-ring (bicyclic) bond motifs is 1. The Morgan fingerprint density at radius 1 is 1.42 bits per heavy atom. The Bertz CT molecular complexity index is 1180. The smallest absolute Gasteiger partial charge is 0.407 e. The van der Waals surface area contributed by atoms with Gasteiger partial charge < -0.3 is 20.1 Å². The van der Waals surface area contributed by atoms with Gasteiger partial charge in [-0.25, -0.2) is 19.2 Å². The highest BCUT2D eigenvalue weighted by atomic mass is 35.5. The van der Waals surface area contributed by atoms with Crippen molar-refractivity contribution in [2.75, 3.05) is 12.4 Å². The van der Waals surface area contributed by atoms with Crippen molar-refractivity contribution in [2.24, 2.45) is 0 Å². The van der Waals surface area contributed by atoms with E-state index in [1.165, 1.54) is 6.20 Å². The van der Waals surface area contributed by atoms with Gasteiger partial charge in [0.15, 0.2) is 11.5 Å². The Morgan fingerprint density at radius 3 is 3.00 bits per heavy atom. The molecule has 0 saturated heterocycles. The minimum Gasteiger partial charge on any atom is -0.443 e. The van der Waals surface area contributed by atoms with E-state index in [-0.39, 0.29) is 5.54 Å². The molecule has 10 nitrogen and oxygen atoms in total. The molecule has 0 bridgehead atoms. The number of nitrogens with zero attached hydrogens (tertiary/aromatic N) is 4. The van der Waals surface area contributed by atoms with Gasteiger partial charge in [0, 0.05) is 36.5 Å². The first kappa shape index (κ1) is 21.9. The molecule has 1 amide bonds. The van der Waals surface area contributed by atoms with Crippen LogP contribution in [-0.2, 0) is 16.1 Å². The van der Waals surface area contributed by atoms with Gasteiger partial charge in [0.2, 0.25) is 5.95 Å². The average Bonchev–Trinajstić information content (AvgIpc) is 3.15. The van der Waals surface area contributed by atoms with Crippen LogP contribution in [0, 0.1) is 0 Å². The number of imidazole rings is 1. The number of carbonyl (C=O) groups excluding carboxylic acids is 1. The van der Waals surface area contributed by atoms with Gasteiger partial charge in [0.25, 0.3) is 0 Å². The van der Waals surface area contributed by atoms with E-state index >= 15 is 4.39 Å². The van der Waals surface area contributed by atoms with Gasteiger partial charge in [-0.2, -0.15) is 5.10 Å². The third-order valence-electron chi connectivity index (χ3n) is 6.19. The highest BCUT2D eigenvalue weighted by molar-refractivity contribution is 6.33.